The largest absolute Gasteiger partial charge is 0.476 e. The predicted molar refractivity (Wildman–Crippen MR) is 75.0 cm³/mol. The number of halogens is 1. The standard InChI is InChI=1S/C12H11BrN2O2S/c13-8-3-1-7(2-4-8)11-15-10(12(16)17)9(18-11)5-6-14/h1-4H,5-6,14H2,(H,16,17). The summed E-state index contributed by atoms with van der Waals surface area (Å²) < 4.78 is 0.975. The molecule has 4 nitrogen and oxygen atoms in total. The Bertz CT molecular complexity index is 566. The summed E-state index contributed by atoms with van der Waals surface area (Å²) in [7, 11) is 0. The van der Waals surface area contributed by atoms with Gasteiger partial charge in [0.05, 0.1) is 0 Å². The Balaban J connectivity index is 2.42. The van der Waals surface area contributed by atoms with Crippen LogP contribution in [-0.2, 0) is 6.42 Å². The van der Waals surface area contributed by atoms with Gasteiger partial charge in [0.1, 0.15) is 5.01 Å². The van der Waals surface area contributed by atoms with E-state index in [1.165, 1.54) is 11.3 Å². The third-order valence-electron chi connectivity index (χ3n) is 2.36. The van der Waals surface area contributed by atoms with Gasteiger partial charge in [0, 0.05) is 14.9 Å². The highest BCUT2D eigenvalue weighted by Gasteiger charge is 2.17. The van der Waals surface area contributed by atoms with Gasteiger partial charge in [-0.15, -0.1) is 11.3 Å². The Hall–Kier alpha value is -1.24. The fourth-order valence-corrected chi connectivity index (χ4v) is 2.87. The normalized spacial score (nSPS) is 10.6. The van der Waals surface area contributed by atoms with Crippen molar-refractivity contribution in [2.24, 2.45) is 5.73 Å². The van der Waals surface area contributed by atoms with E-state index in [0.717, 1.165) is 14.9 Å². The van der Waals surface area contributed by atoms with E-state index in [2.05, 4.69) is 20.9 Å². The molecule has 0 atom stereocenters. The van der Waals surface area contributed by atoms with Crippen LogP contribution in [0, 0.1) is 0 Å². The summed E-state index contributed by atoms with van der Waals surface area (Å²) in [5, 5.41) is 9.80. The quantitative estimate of drug-likeness (QED) is 0.905. The first-order chi connectivity index (χ1) is 8.61. The summed E-state index contributed by atoms with van der Waals surface area (Å²) in [6.07, 6.45) is 0.538. The van der Waals surface area contributed by atoms with E-state index in [9.17, 15) is 4.79 Å². The molecule has 0 radical (unpaired) electrons. The molecule has 0 aliphatic carbocycles. The maximum Gasteiger partial charge on any atom is 0.355 e. The molecule has 0 amide bonds. The summed E-state index contributed by atoms with van der Waals surface area (Å²) in [6.45, 7) is 0.419. The third kappa shape index (κ3) is 2.77. The molecule has 0 bridgehead atoms. The number of rotatable bonds is 4. The maximum atomic E-state index is 11.1. The number of aromatic carboxylic acids is 1. The molecular weight excluding hydrogens is 316 g/mol. The van der Waals surface area contributed by atoms with Gasteiger partial charge in [0.2, 0.25) is 0 Å². The third-order valence-corrected chi connectivity index (χ3v) is 4.06. The van der Waals surface area contributed by atoms with E-state index >= 15 is 0 Å². The summed E-state index contributed by atoms with van der Waals surface area (Å²) in [5.41, 5.74) is 6.50. The molecule has 3 N–H and O–H groups in total. The molecule has 6 heteroatoms. The number of carbonyl (C=O) groups is 1. The van der Waals surface area contributed by atoms with Gasteiger partial charge in [0.15, 0.2) is 5.69 Å². The molecule has 1 aromatic heterocycles. The van der Waals surface area contributed by atoms with Gasteiger partial charge in [-0.1, -0.05) is 28.1 Å². The van der Waals surface area contributed by atoms with E-state index in [1.807, 2.05) is 24.3 Å². The number of benzene rings is 1. The SMILES string of the molecule is NCCc1sc(-c2ccc(Br)cc2)nc1C(=O)O. The van der Waals surface area contributed by atoms with Crippen LogP contribution in [0.1, 0.15) is 15.4 Å². The second kappa shape index (κ2) is 5.60. The minimum Gasteiger partial charge on any atom is -0.476 e. The van der Waals surface area contributed by atoms with Gasteiger partial charge in [-0.25, -0.2) is 9.78 Å². The van der Waals surface area contributed by atoms with Gasteiger partial charge in [0.25, 0.3) is 0 Å². The molecular formula is C12H11BrN2O2S. The number of carboxylic acid groups (broad SMARTS) is 1. The van der Waals surface area contributed by atoms with Crippen LogP contribution in [0.25, 0.3) is 10.6 Å². The van der Waals surface area contributed by atoms with Crippen LogP contribution in [0.5, 0.6) is 0 Å². The van der Waals surface area contributed by atoms with Gasteiger partial charge in [-0.2, -0.15) is 0 Å². The molecule has 1 heterocycles. The zero-order chi connectivity index (χ0) is 13.1. The fraction of sp³-hybridized carbons (Fsp3) is 0.167. The lowest BCUT2D eigenvalue weighted by atomic mass is 10.2. The Morgan fingerprint density at radius 3 is 2.61 bits per heavy atom. The molecule has 0 spiro atoms. The van der Waals surface area contributed by atoms with Crippen LogP contribution < -0.4 is 5.73 Å². The number of nitrogens with zero attached hydrogens (tertiary/aromatic N) is 1. The van der Waals surface area contributed by atoms with E-state index in [0.29, 0.717) is 18.0 Å². The van der Waals surface area contributed by atoms with E-state index in [1.54, 1.807) is 0 Å². The Morgan fingerprint density at radius 1 is 1.39 bits per heavy atom. The second-order valence-corrected chi connectivity index (χ2v) is 5.64. The van der Waals surface area contributed by atoms with Gasteiger partial charge >= 0.3 is 5.97 Å². The molecule has 0 saturated carbocycles. The number of aromatic nitrogens is 1. The molecule has 0 aliphatic heterocycles. The van der Waals surface area contributed by atoms with Crippen molar-refractivity contribution in [3.8, 4) is 10.6 Å². The van der Waals surface area contributed by atoms with Crippen molar-refractivity contribution < 1.29 is 9.90 Å². The zero-order valence-electron chi connectivity index (χ0n) is 9.39. The topological polar surface area (TPSA) is 76.2 Å². The van der Waals surface area contributed by atoms with Crippen LogP contribution in [0.3, 0.4) is 0 Å². The Labute approximate surface area is 117 Å². The Morgan fingerprint density at radius 2 is 2.06 bits per heavy atom. The van der Waals surface area contributed by atoms with Crippen LogP contribution in [0.4, 0.5) is 0 Å². The second-order valence-electron chi connectivity index (χ2n) is 3.64. The van der Waals surface area contributed by atoms with Crippen molar-refractivity contribution in [1.29, 1.82) is 0 Å². The highest BCUT2D eigenvalue weighted by atomic mass is 79.9. The molecule has 0 unspecified atom stereocenters. The van der Waals surface area contributed by atoms with Crippen molar-refractivity contribution >= 4 is 33.2 Å². The molecule has 2 rings (SSSR count). The zero-order valence-corrected chi connectivity index (χ0v) is 11.8. The number of hydrogen-bond acceptors (Lipinski definition) is 4. The van der Waals surface area contributed by atoms with Crippen LogP contribution >= 0.6 is 27.3 Å². The number of nitrogens with two attached hydrogens (primary N) is 1. The molecule has 94 valence electrons. The lowest BCUT2D eigenvalue weighted by molar-refractivity contribution is 0.0690. The first kappa shape index (κ1) is 13.2. The molecule has 0 fully saturated rings. The van der Waals surface area contributed by atoms with Crippen molar-refractivity contribution in [1.82, 2.24) is 4.98 Å². The van der Waals surface area contributed by atoms with Crippen LogP contribution in [-0.4, -0.2) is 22.6 Å². The lowest BCUT2D eigenvalue weighted by Crippen LogP contribution is -2.06. The molecule has 18 heavy (non-hydrogen) atoms. The van der Waals surface area contributed by atoms with Crippen molar-refractivity contribution in [3.05, 3.63) is 39.3 Å². The highest BCUT2D eigenvalue weighted by Crippen LogP contribution is 2.29. The van der Waals surface area contributed by atoms with Crippen molar-refractivity contribution in [2.75, 3.05) is 6.54 Å². The minimum atomic E-state index is -1.00. The number of thiazole rings is 1. The Kier molecular flexibility index (Phi) is 4.11. The van der Waals surface area contributed by atoms with Crippen molar-refractivity contribution in [2.45, 2.75) is 6.42 Å². The van der Waals surface area contributed by atoms with E-state index in [4.69, 9.17) is 10.8 Å². The smallest absolute Gasteiger partial charge is 0.355 e. The highest BCUT2D eigenvalue weighted by molar-refractivity contribution is 9.10. The minimum absolute atomic E-state index is 0.114. The average Bonchev–Trinajstić information content (AvgIpc) is 2.75. The molecule has 0 aliphatic rings. The lowest BCUT2D eigenvalue weighted by Gasteiger charge is -1.95. The van der Waals surface area contributed by atoms with Crippen LogP contribution in [0.15, 0.2) is 28.7 Å². The maximum absolute atomic E-state index is 11.1. The first-order valence-electron chi connectivity index (χ1n) is 5.31. The fourth-order valence-electron chi connectivity index (χ4n) is 1.54. The number of hydrogen-bond donors (Lipinski definition) is 2. The monoisotopic (exact) mass is 326 g/mol. The summed E-state index contributed by atoms with van der Waals surface area (Å²) in [6, 6.07) is 7.61. The molecule has 2 aromatic rings. The van der Waals surface area contributed by atoms with E-state index in [-0.39, 0.29) is 5.69 Å². The molecule has 0 saturated heterocycles. The average molecular weight is 327 g/mol. The van der Waals surface area contributed by atoms with E-state index < -0.39 is 5.97 Å². The van der Waals surface area contributed by atoms with Crippen molar-refractivity contribution in [3.63, 3.8) is 0 Å². The molecule has 1 aromatic carbocycles. The van der Waals surface area contributed by atoms with Crippen LogP contribution in [0.2, 0.25) is 0 Å². The van der Waals surface area contributed by atoms with Gasteiger partial charge in [-0.05, 0) is 25.1 Å². The number of carboxylic acids is 1. The van der Waals surface area contributed by atoms with Gasteiger partial charge in [-0.3, -0.25) is 0 Å². The summed E-state index contributed by atoms with van der Waals surface area (Å²) >= 11 is 4.74. The first-order valence-corrected chi connectivity index (χ1v) is 6.91. The van der Waals surface area contributed by atoms with Gasteiger partial charge < -0.3 is 10.8 Å². The predicted octanol–water partition coefficient (Wildman–Crippen LogP) is 2.77. The summed E-state index contributed by atoms with van der Waals surface area (Å²) in [4.78, 5) is 16.0. The summed E-state index contributed by atoms with van der Waals surface area (Å²) in [5.74, 6) is -1.00.